The highest BCUT2D eigenvalue weighted by atomic mass is 16.5. The largest absolute Gasteiger partial charge is 0.465 e. The second kappa shape index (κ2) is 5.79. The van der Waals surface area contributed by atoms with Gasteiger partial charge in [-0.2, -0.15) is 0 Å². The number of unbranched alkanes of at least 4 members (excludes halogenated alkanes) is 2. The third kappa shape index (κ3) is 2.06. The first-order valence-corrected chi connectivity index (χ1v) is 8.20. The summed E-state index contributed by atoms with van der Waals surface area (Å²) in [5.74, 6) is -2.73. The Morgan fingerprint density at radius 3 is 2.71 bits per heavy atom. The van der Waals surface area contributed by atoms with Crippen LogP contribution in [0.15, 0.2) is 29.3 Å². The number of aliphatic hydroxyl groups is 2. The van der Waals surface area contributed by atoms with E-state index < -0.39 is 29.0 Å². The number of benzene rings is 1. The van der Waals surface area contributed by atoms with Gasteiger partial charge < -0.3 is 14.9 Å². The maximum absolute atomic E-state index is 12.8. The molecule has 128 valence electrons. The van der Waals surface area contributed by atoms with Crippen molar-refractivity contribution < 1.29 is 24.5 Å². The molecule has 1 aliphatic heterocycles. The molecule has 3 rings (SSSR count). The third-order valence-electron chi connectivity index (χ3n) is 4.83. The molecule has 0 aromatic heterocycles. The van der Waals surface area contributed by atoms with Gasteiger partial charge in [0.15, 0.2) is 5.60 Å². The number of aliphatic imine (C=N–C) groups is 1. The Hall–Kier alpha value is -2.05. The third-order valence-corrected chi connectivity index (χ3v) is 4.83. The SMILES string of the molecule is CCCCCOC(=O)[C@H]1C(C)=N[C@@]2(O)c3ccccc3C(=O)[C@@]12O. The molecule has 1 aliphatic carbocycles. The summed E-state index contributed by atoms with van der Waals surface area (Å²) < 4.78 is 5.22. The smallest absolute Gasteiger partial charge is 0.318 e. The van der Waals surface area contributed by atoms with Gasteiger partial charge in [-0.1, -0.05) is 44.0 Å². The molecule has 6 heteroatoms. The summed E-state index contributed by atoms with van der Waals surface area (Å²) in [6.07, 6.45) is 2.62. The number of carbonyl (C=O) groups excluding carboxylic acids is 2. The quantitative estimate of drug-likeness (QED) is 0.631. The number of hydrogen-bond donors (Lipinski definition) is 2. The van der Waals surface area contributed by atoms with Crippen LogP contribution in [0.4, 0.5) is 0 Å². The average molecular weight is 331 g/mol. The van der Waals surface area contributed by atoms with Crippen LogP contribution in [-0.4, -0.2) is 39.9 Å². The highest BCUT2D eigenvalue weighted by Crippen LogP contribution is 2.53. The van der Waals surface area contributed by atoms with Gasteiger partial charge in [0.1, 0.15) is 5.92 Å². The van der Waals surface area contributed by atoms with Crippen LogP contribution < -0.4 is 0 Å². The van der Waals surface area contributed by atoms with Crippen LogP contribution in [0.2, 0.25) is 0 Å². The van der Waals surface area contributed by atoms with Crippen molar-refractivity contribution in [3.05, 3.63) is 35.4 Å². The van der Waals surface area contributed by atoms with Crippen LogP contribution in [0.1, 0.15) is 49.0 Å². The second-order valence-electron chi connectivity index (χ2n) is 6.37. The van der Waals surface area contributed by atoms with Crippen molar-refractivity contribution >= 4 is 17.5 Å². The monoisotopic (exact) mass is 331 g/mol. The number of nitrogens with zero attached hydrogens (tertiary/aromatic N) is 1. The summed E-state index contributed by atoms with van der Waals surface area (Å²) >= 11 is 0. The number of Topliss-reactive ketones (excluding diaryl/α,β-unsaturated/α-hetero) is 1. The fourth-order valence-corrected chi connectivity index (χ4v) is 3.60. The van der Waals surface area contributed by atoms with Crippen LogP contribution in [0.25, 0.3) is 0 Å². The Morgan fingerprint density at radius 1 is 1.29 bits per heavy atom. The molecule has 0 saturated carbocycles. The van der Waals surface area contributed by atoms with Crippen LogP contribution >= 0.6 is 0 Å². The summed E-state index contributed by atoms with van der Waals surface area (Å²) in [6, 6.07) is 6.34. The van der Waals surface area contributed by atoms with Gasteiger partial charge >= 0.3 is 5.97 Å². The molecule has 0 unspecified atom stereocenters. The van der Waals surface area contributed by atoms with E-state index in [-0.39, 0.29) is 23.4 Å². The van der Waals surface area contributed by atoms with Gasteiger partial charge in [0, 0.05) is 16.8 Å². The summed E-state index contributed by atoms with van der Waals surface area (Å²) in [5, 5.41) is 22.0. The molecule has 0 spiro atoms. The Morgan fingerprint density at radius 2 is 2.00 bits per heavy atom. The van der Waals surface area contributed by atoms with E-state index in [1.807, 2.05) is 6.92 Å². The molecule has 0 amide bonds. The van der Waals surface area contributed by atoms with E-state index in [4.69, 9.17) is 4.74 Å². The van der Waals surface area contributed by atoms with Crippen molar-refractivity contribution in [3.8, 4) is 0 Å². The summed E-state index contributed by atoms with van der Waals surface area (Å²) in [5.41, 5.74) is -3.88. The van der Waals surface area contributed by atoms with Crippen molar-refractivity contribution in [1.29, 1.82) is 0 Å². The molecule has 0 bridgehead atoms. The second-order valence-corrected chi connectivity index (χ2v) is 6.37. The fourth-order valence-electron chi connectivity index (χ4n) is 3.60. The predicted octanol–water partition coefficient (Wildman–Crippen LogP) is 1.58. The number of carbonyl (C=O) groups is 2. The minimum atomic E-state index is -2.34. The number of esters is 1. The van der Waals surface area contributed by atoms with E-state index in [9.17, 15) is 19.8 Å². The maximum atomic E-state index is 12.8. The molecule has 0 radical (unpaired) electrons. The summed E-state index contributed by atoms with van der Waals surface area (Å²) in [7, 11) is 0. The molecular weight excluding hydrogens is 310 g/mol. The summed E-state index contributed by atoms with van der Waals surface area (Å²) in [4.78, 5) is 29.3. The Balaban J connectivity index is 1.94. The normalized spacial score (nSPS) is 30.8. The highest BCUT2D eigenvalue weighted by molar-refractivity contribution is 6.18. The lowest BCUT2D eigenvalue weighted by molar-refractivity contribution is -0.165. The lowest BCUT2D eigenvalue weighted by Crippen LogP contribution is -2.56. The molecule has 2 N–H and O–H groups in total. The zero-order chi connectivity index (χ0) is 17.5. The van der Waals surface area contributed by atoms with Gasteiger partial charge in [0.25, 0.3) is 0 Å². The number of hydrogen-bond acceptors (Lipinski definition) is 6. The molecule has 1 aromatic carbocycles. The van der Waals surface area contributed by atoms with E-state index in [1.165, 1.54) is 19.1 Å². The van der Waals surface area contributed by atoms with Crippen molar-refractivity contribution in [3.63, 3.8) is 0 Å². The lowest BCUT2D eigenvalue weighted by atomic mass is 9.79. The van der Waals surface area contributed by atoms with Gasteiger partial charge in [-0.3, -0.25) is 14.6 Å². The fraction of sp³-hybridized carbons (Fsp3) is 0.500. The van der Waals surface area contributed by atoms with Gasteiger partial charge in [0.2, 0.25) is 11.5 Å². The van der Waals surface area contributed by atoms with E-state index in [2.05, 4.69) is 4.99 Å². The Kier molecular flexibility index (Phi) is 4.05. The average Bonchev–Trinajstić information content (AvgIpc) is 2.87. The highest BCUT2D eigenvalue weighted by Gasteiger charge is 2.72. The first kappa shape index (κ1) is 16.8. The van der Waals surface area contributed by atoms with Crippen molar-refractivity contribution in [2.75, 3.05) is 6.61 Å². The zero-order valence-corrected chi connectivity index (χ0v) is 13.8. The number of ether oxygens (including phenoxy) is 1. The topological polar surface area (TPSA) is 96.2 Å². The molecular formula is C18H21NO5. The molecule has 3 atom stereocenters. The minimum Gasteiger partial charge on any atom is -0.465 e. The first-order valence-electron chi connectivity index (χ1n) is 8.20. The maximum Gasteiger partial charge on any atom is 0.318 e. The molecule has 0 fully saturated rings. The molecule has 6 nitrogen and oxygen atoms in total. The van der Waals surface area contributed by atoms with Crippen molar-refractivity contribution in [2.45, 2.75) is 44.4 Å². The number of rotatable bonds is 5. The van der Waals surface area contributed by atoms with Crippen LogP contribution in [-0.2, 0) is 15.3 Å². The molecule has 24 heavy (non-hydrogen) atoms. The van der Waals surface area contributed by atoms with Gasteiger partial charge in [-0.15, -0.1) is 0 Å². The van der Waals surface area contributed by atoms with Gasteiger partial charge in [-0.25, -0.2) is 0 Å². The lowest BCUT2D eigenvalue weighted by Gasteiger charge is -2.31. The molecule has 2 aliphatic rings. The standard InChI is InChI=1S/C18H21NO5/c1-3-4-7-10-24-16(21)14-11(2)19-18(23)13-9-6-5-8-12(13)15(20)17(14,18)22/h5-6,8-9,14,22-23H,3-4,7,10H2,1-2H3/t14-,17+,18-/m1/s1. The number of ketones is 1. The van der Waals surface area contributed by atoms with Crippen LogP contribution in [0.5, 0.6) is 0 Å². The Labute approximate surface area is 140 Å². The minimum absolute atomic E-state index is 0.183. The van der Waals surface area contributed by atoms with Gasteiger partial charge in [-0.05, 0) is 13.3 Å². The summed E-state index contributed by atoms with van der Waals surface area (Å²) in [6.45, 7) is 3.76. The van der Waals surface area contributed by atoms with Crippen molar-refractivity contribution in [2.24, 2.45) is 10.9 Å². The van der Waals surface area contributed by atoms with E-state index >= 15 is 0 Å². The van der Waals surface area contributed by atoms with E-state index in [0.29, 0.717) is 6.42 Å². The van der Waals surface area contributed by atoms with Gasteiger partial charge in [0.05, 0.1) is 6.61 Å². The zero-order valence-electron chi connectivity index (χ0n) is 13.8. The Bertz CT molecular complexity index is 728. The molecule has 0 saturated heterocycles. The van der Waals surface area contributed by atoms with Crippen LogP contribution in [0.3, 0.4) is 0 Å². The predicted molar refractivity (Wildman–Crippen MR) is 86.7 cm³/mol. The molecule has 1 aromatic rings. The van der Waals surface area contributed by atoms with Crippen molar-refractivity contribution in [1.82, 2.24) is 0 Å². The van der Waals surface area contributed by atoms with E-state index in [0.717, 1.165) is 12.8 Å². The van der Waals surface area contributed by atoms with Crippen LogP contribution in [0, 0.1) is 5.92 Å². The first-order chi connectivity index (χ1) is 11.4. The number of fused-ring (bicyclic) bond motifs is 3. The molecule has 1 heterocycles. The van der Waals surface area contributed by atoms with E-state index in [1.54, 1.807) is 12.1 Å².